The van der Waals surface area contributed by atoms with Crippen molar-refractivity contribution in [2.24, 2.45) is 5.92 Å². The largest absolute Gasteiger partial charge is 0.290 e. The molecular formula is C21H23F2N5. The first-order valence-corrected chi connectivity index (χ1v) is 9.60. The van der Waals surface area contributed by atoms with Crippen LogP contribution in [-0.4, -0.2) is 38.2 Å². The number of likely N-dealkylation sites (tertiary alicyclic amines) is 1. The van der Waals surface area contributed by atoms with E-state index in [4.69, 9.17) is 0 Å². The third-order valence-electron chi connectivity index (χ3n) is 5.42. The SMILES string of the molecule is CC1CCN(C(c2ccc(F)cc2)c2nnnn2Cc2ccc(F)cc2)CC1. The van der Waals surface area contributed by atoms with E-state index in [1.165, 1.54) is 24.3 Å². The standard InChI is InChI=1S/C21H23F2N5/c1-15-10-12-27(13-11-15)20(17-4-8-19(23)9-5-17)21-24-25-26-28(21)14-16-2-6-18(22)7-3-16/h2-9,15,20H,10-14H2,1H3. The van der Waals surface area contributed by atoms with Gasteiger partial charge in [-0.3, -0.25) is 4.90 Å². The van der Waals surface area contributed by atoms with Crippen LogP contribution in [0.3, 0.4) is 0 Å². The molecule has 3 aromatic rings. The molecule has 28 heavy (non-hydrogen) atoms. The zero-order valence-corrected chi connectivity index (χ0v) is 15.8. The quantitative estimate of drug-likeness (QED) is 0.672. The van der Waals surface area contributed by atoms with Gasteiger partial charge >= 0.3 is 0 Å². The van der Waals surface area contributed by atoms with E-state index >= 15 is 0 Å². The molecule has 2 heterocycles. The first kappa shape index (κ1) is 18.7. The van der Waals surface area contributed by atoms with Crippen LogP contribution in [0.5, 0.6) is 0 Å². The molecular weight excluding hydrogens is 360 g/mol. The Hall–Kier alpha value is -2.67. The Morgan fingerprint density at radius 2 is 1.57 bits per heavy atom. The number of hydrogen-bond acceptors (Lipinski definition) is 4. The van der Waals surface area contributed by atoms with Gasteiger partial charge in [0.1, 0.15) is 11.6 Å². The molecule has 0 saturated carbocycles. The summed E-state index contributed by atoms with van der Waals surface area (Å²) >= 11 is 0. The Morgan fingerprint density at radius 1 is 0.964 bits per heavy atom. The van der Waals surface area contributed by atoms with Crippen LogP contribution in [0.25, 0.3) is 0 Å². The van der Waals surface area contributed by atoms with Crippen molar-refractivity contribution in [2.45, 2.75) is 32.4 Å². The topological polar surface area (TPSA) is 46.8 Å². The van der Waals surface area contributed by atoms with E-state index in [0.29, 0.717) is 18.3 Å². The molecule has 146 valence electrons. The lowest BCUT2D eigenvalue weighted by Crippen LogP contribution is -2.38. The van der Waals surface area contributed by atoms with Crippen LogP contribution in [0.1, 0.15) is 42.8 Å². The van der Waals surface area contributed by atoms with Crippen LogP contribution in [0, 0.1) is 17.6 Å². The van der Waals surface area contributed by atoms with Gasteiger partial charge in [0.25, 0.3) is 0 Å². The van der Waals surface area contributed by atoms with Crippen LogP contribution < -0.4 is 0 Å². The second-order valence-electron chi connectivity index (χ2n) is 7.49. The molecule has 1 aliphatic heterocycles. The second kappa shape index (κ2) is 8.14. The zero-order chi connectivity index (χ0) is 19.5. The molecule has 1 fully saturated rings. The van der Waals surface area contributed by atoms with Gasteiger partial charge in [0.05, 0.1) is 12.6 Å². The molecule has 7 heteroatoms. The normalized spacial score (nSPS) is 17.0. The van der Waals surface area contributed by atoms with E-state index < -0.39 is 0 Å². The van der Waals surface area contributed by atoms with E-state index in [2.05, 4.69) is 27.3 Å². The lowest BCUT2D eigenvalue weighted by Gasteiger charge is -2.36. The minimum absolute atomic E-state index is 0.149. The first-order valence-electron chi connectivity index (χ1n) is 9.60. The summed E-state index contributed by atoms with van der Waals surface area (Å²) in [7, 11) is 0. The van der Waals surface area contributed by atoms with Crippen molar-refractivity contribution >= 4 is 0 Å². The van der Waals surface area contributed by atoms with Gasteiger partial charge in [0.2, 0.25) is 0 Å². The van der Waals surface area contributed by atoms with Crippen LogP contribution in [0.15, 0.2) is 48.5 Å². The van der Waals surface area contributed by atoms with Crippen molar-refractivity contribution in [3.63, 3.8) is 0 Å². The molecule has 1 aromatic heterocycles. The maximum absolute atomic E-state index is 13.5. The number of tetrazole rings is 1. The van der Waals surface area contributed by atoms with Crippen LogP contribution >= 0.6 is 0 Å². The Morgan fingerprint density at radius 3 is 2.21 bits per heavy atom. The van der Waals surface area contributed by atoms with Gasteiger partial charge in [-0.2, -0.15) is 0 Å². The number of aromatic nitrogens is 4. The van der Waals surface area contributed by atoms with E-state index in [0.717, 1.165) is 37.1 Å². The molecule has 0 amide bonds. The highest BCUT2D eigenvalue weighted by atomic mass is 19.1. The first-order chi connectivity index (χ1) is 13.6. The predicted molar refractivity (Wildman–Crippen MR) is 102 cm³/mol. The zero-order valence-electron chi connectivity index (χ0n) is 15.8. The average Bonchev–Trinajstić information content (AvgIpc) is 3.14. The maximum Gasteiger partial charge on any atom is 0.173 e. The Bertz CT molecular complexity index is 899. The molecule has 2 aromatic carbocycles. The molecule has 4 rings (SSSR count). The molecule has 1 saturated heterocycles. The third kappa shape index (κ3) is 4.09. The van der Waals surface area contributed by atoms with E-state index in [1.807, 2.05) is 0 Å². The van der Waals surface area contributed by atoms with Crippen molar-refractivity contribution in [2.75, 3.05) is 13.1 Å². The van der Waals surface area contributed by atoms with E-state index in [1.54, 1.807) is 28.9 Å². The summed E-state index contributed by atoms with van der Waals surface area (Å²) in [6.45, 7) is 4.59. The Kier molecular flexibility index (Phi) is 5.43. The van der Waals surface area contributed by atoms with Crippen molar-refractivity contribution in [3.05, 3.63) is 77.1 Å². The number of piperidine rings is 1. The molecule has 0 radical (unpaired) electrons. The van der Waals surface area contributed by atoms with Crippen molar-refractivity contribution in [1.82, 2.24) is 25.1 Å². The summed E-state index contributed by atoms with van der Waals surface area (Å²) in [4.78, 5) is 2.36. The van der Waals surface area contributed by atoms with Gasteiger partial charge in [-0.25, -0.2) is 13.5 Å². The monoisotopic (exact) mass is 383 g/mol. The minimum atomic E-state index is -0.271. The number of hydrogen-bond donors (Lipinski definition) is 0. The van der Waals surface area contributed by atoms with Crippen molar-refractivity contribution < 1.29 is 8.78 Å². The molecule has 1 unspecified atom stereocenters. The fraction of sp³-hybridized carbons (Fsp3) is 0.381. The molecule has 0 spiro atoms. The highest BCUT2D eigenvalue weighted by Crippen LogP contribution is 2.31. The molecule has 5 nitrogen and oxygen atoms in total. The van der Waals surface area contributed by atoms with Gasteiger partial charge in [-0.15, -0.1) is 5.10 Å². The number of benzene rings is 2. The molecule has 1 atom stereocenters. The van der Waals surface area contributed by atoms with Crippen LogP contribution in [-0.2, 0) is 6.54 Å². The molecule has 0 N–H and O–H groups in total. The minimum Gasteiger partial charge on any atom is -0.290 e. The average molecular weight is 383 g/mol. The molecule has 0 bridgehead atoms. The van der Waals surface area contributed by atoms with Crippen LogP contribution in [0.2, 0.25) is 0 Å². The summed E-state index contributed by atoms with van der Waals surface area (Å²) in [5.41, 5.74) is 1.88. The van der Waals surface area contributed by atoms with E-state index in [-0.39, 0.29) is 17.7 Å². The van der Waals surface area contributed by atoms with Crippen molar-refractivity contribution in [3.8, 4) is 0 Å². The lowest BCUT2D eigenvalue weighted by atomic mass is 9.95. The lowest BCUT2D eigenvalue weighted by molar-refractivity contribution is 0.150. The van der Waals surface area contributed by atoms with Gasteiger partial charge in [0, 0.05) is 0 Å². The van der Waals surface area contributed by atoms with Crippen molar-refractivity contribution in [1.29, 1.82) is 0 Å². The second-order valence-corrected chi connectivity index (χ2v) is 7.49. The molecule has 1 aliphatic rings. The van der Waals surface area contributed by atoms with E-state index in [9.17, 15) is 8.78 Å². The Labute approximate surface area is 163 Å². The summed E-state index contributed by atoms with van der Waals surface area (Å²) in [5, 5.41) is 12.4. The van der Waals surface area contributed by atoms with Gasteiger partial charge < -0.3 is 0 Å². The summed E-state index contributed by atoms with van der Waals surface area (Å²) in [5.74, 6) is 0.874. The highest BCUT2D eigenvalue weighted by Gasteiger charge is 2.30. The summed E-state index contributed by atoms with van der Waals surface area (Å²) in [6, 6.07) is 12.7. The van der Waals surface area contributed by atoms with Gasteiger partial charge in [0.15, 0.2) is 5.82 Å². The summed E-state index contributed by atoms with van der Waals surface area (Å²) in [6.07, 6.45) is 2.22. The number of rotatable bonds is 5. The van der Waals surface area contributed by atoms with Gasteiger partial charge in [-0.1, -0.05) is 31.2 Å². The smallest absolute Gasteiger partial charge is 0.173 e. The van der Waals surface area contributed by atoms with Gasteiger partial charge in [-0.05, 0) is 77.7 Å². The molecule has 0 aliphatic carbocycles. The number of halogens is 2. The fourth-order valence-electron chi connectivity index (χ4n) is 3.74. The maximum atomic E-state index is 13.5. The predicted octanol–water partition coefficient (Wildman–Crippen LogP) is 3.82. The van der Waals surface area contributed by atoms with Crippen LogP contribution in [0.4, 0.5) is 8.78 Å². The summed E-state index contributed by atoms with van der Waals surface area (Å²) < 4.78 is 28.5. The number of nitrogens with zero attached hydrogens (tertiary/aromatic N) is 5. The fourth-order valence-corrected chi connectivity index (χ4v) is 3.74. The highest BCUT2D eigenvalue weighted by molar-refractivity contribution is 5.26. The Balaban J connectivity index is 1.67. The third-order valence-corrected chi connectivity index (χ3v) is 5.42.